The van der Waals surface area contributed by atoms with E-state index in [1.165, 1.54) is 0 Å². The van der Waals surface area contributed by atoms with Crippen LogP contribution in [0.3, 0.4) is 0 Å². The summed E-state index contributed by atoms with van der Waals surface area (Å²) in [5, 5.41) is 2.60. The van der Waals surface area contributed by atoms with Crippen molar-refractivity contribution in [3.63, 3.8) is 0 Å². The fourth-order valence-corrected chi connectivity index (χ4v) is 1.44. The number of aromatic nitrogens is 2. The molecule has 0 atom stereocenters. The zero-order valence-corrected chi connectivity index (χ0v) is 9.02. The zero-order chi connectivity index (χ0) is 11.5. The first kappa shape index (κ1) is 10.4. The van der Waals surface area contributed by atoms with Crippen LogP contribution in [0.4, 0.5) is 5.95 Å². The van der Waals surface area contributed by atoms with Crippen LogP contribution in [0.25, 0.3) is 0 Å². The number of aryl methyl sites for hydroxylation is 2. The lowest BCUT2D eigenvalue weighted by molar-refractivity contribution is 0.102. The van der Waals surface area contributed by atoms with Crippen molar-refractivity contribution in [2.75, 3.05) is 5.32 Å². The fraction of sp³-hybridized carbons (Fsp3) is 0.182. The molecule has 2 heterocycles. The van der Waals surface area contributed by atoms with Crippen molar-refractivity contribution >= 4 is 11.9 Å². The smallest absolute Gasteiger partial charge is 0.261 e. The Kier molecular flexibility index (Phi) is 2.68. The Labute approximate surface area is 92.5 Å². The van der Waals surface area contributed by atoms with Crippen LogP contribution in [-0.2, 0) is 0 Å². The third-order valence-electron chi connectivity index (χ3n) is 2.18. The van der Waals surface area contributed by atoms with Crippen LogP contribution in [0, 0.1) is 13.8 Å². The highest BCUT2D eigenvalue weighted by molar-refractivity contribution is 6.05. The van der Waals surface area contributed by atoms with Gasteiger partial charge < -0.3 is 4.42 Å². The molecular weight excluding hydrogens is 206 g/mol. The molecule has 5 heteroatoms. The predicted octanol–water partition coefficient (Wildman–Crippen LogP) is 1.94. The summed E-state index contributed by atoms with van der Waals surface area (Å²) in [4.78, 5) is 19.7. The van der Waals surface area contributed by atoms with Crippen LogP contribution in [0.5, 0.6) is 0 Å². The van der Waals surface area contributed by atoms with Crippen LogP contribution in [0.2, 0.25) is 0 Å². The number of nitrogens with zero attached hydrogens (tertiary/aromatic N) is 2. The van der Waals surface area contributed by atoms with Crippen molar-refractivity contribution < 1.29 is 9.21 Å². The highest BCUT2D eigenvalue weighted by Crippen LogP contribution is 2.16. The maximum Gasteiger partial charge on any atom is 0.261 e. The highest BCUT2D eigenvalue weighted by atomic mass is 16.3. The molecule has 0 spiro atoms. The molecule has 82 valence electrons. The van der Waals surface area contributed by atoms with Crippen molar-refractivity contribution in [2.24, 2.45) is 0 Å². The quantitative estimate of drug-likeness (QED) is 0.834. The van der Waals surface area contributed by atoms with Crippen LogP contribution in [0.15, 0.2) is 29.1 Å². The monoisotopic (exact) mass is 217 g/mol. The molecule has 0 radical (unpaired) electrons. The molecule has 16 heavy (non-hydrogen) atoms. The number of anilines is 1. The molecule has 1 N–H and O–H groups in total. The Morgan fingerprint density at radius 3 is 2.56 bits per heavy atom. The molecule has 1 amide bonds. The molecule has 2 aromatic rings. The lowest BCUT2D eigenvalue weighted by Gasteiger charge is -2.02. The number of hydrogen-bond donors (Lipinski definition) is 1. The number of carbonyl (C=O) groups excluding carboxylic acids is 1. The van der Waals surface area contributed by atoms with E-state index in [4.69, 9.17) is 4.42 Å². The maximum atomic E-state index is 11.9. The van der Waals surface area contributed by atoms with E-state index in [9.17, 15) is 4.79 Å². The van der Waals surface area contributed by atoms with E-state index >= 15 is 0 Å². The Morgan fingerprint density at radius 1 is 1.31 bits per heavy atom. The third kappa shape index (κ3) is 1.93. The molecular formula is C11H11N3O2. The van der Waals surface area contributed by atoms with Crippen molar-refractivity contribution in [3.8, 4) is 0 Å². The Balaban J connectivity index is 2.22. The summed E-state index contributed by atoms with van der Waals surface area (Å²) in [7, 11) is 0. The lowest BCUT2D eigenvalue weighted by Crippen LogP contribution is -2.15. The van der Waals surface area contributed by atoms with Crippen molar-refractivity contribution in [2.45, 2.75) is 13.8 Å². The Morgan fingerprint density at radius 2 is 2.00 bits per heavy atom. The first-order chi connectivity index (χ1) is 7.68. The molecule has 0 bridgehead atoms. The second-order valence-corrected chi connectivity index (χ2v) is 3.38. The molecule has 2 rings (SSSR count). The van der Waals surface area contributed by atoms with Gasteiger partial charge in [0.25, 0.3) is 5.91 Å². The number of amides is 1. The van der Waals surface area contributed by atoms with Gasteiger partial charge in [0.1, 0.15) is 5.76 Å². The normalized spacial score (nSPS) is 10.1. The molecule has 0 aliphatic carbocycles. The molecule has 0 unspecified atom stereocenters. The van der Waals surface area contributed by atoms with Gasteiger partial charge in [0.15, 0.2) is 0 Å². The van der Waals surface area contributed by atoms with E-state index < -0.39 is 0 Å². The van der Waals surface area contributed by atoms with Gasteiger partial charge in [-0.3, -0.25) is 10.1 Å². The van der Waals surface area contributed by atoms with Gasteiger partial charge in [0.2, 0.25) is 5.95 Å². The number of carbonyl (C=O) groups is 1. The van der Waals surface area contributed by atoms with Gasteiger partial charge in [-0.05, 0) is 19.9 Å². The van der Waals surface area contributed by atoms with Crippen molar-refractivity contribution in [1.29, 1.82) is 0 Å². The molecule has 0 aliphatic rings. The number of rotatable bonds is 2. The van der Waals surface area contributed by atoms with E-state index in [2.05, 4.69) is 15.3 Å². The molecule has 0 fully saturated rings. The van der Waals surface area contributed by atoms with Gasteiger partial charge in [-0.25, -0.2) is 9.97 Å². The molecule has 0 aliphatic heterocycles. The summed E-state index contributed by atoms with van der Waals surface area (Å²) >= 11 is 0. The van der Waals surface area contributed by atoms with Gasteiger partial charge in [-0.2, -0.15) is 0 Å². The van der Waals surface area contributed by atoms with Gasteiger partial charge in [-0.1, -0.05) is 0 Å². The molecule has 0 saturated heterocycles. The lowest BCUT2D eigenvalue weighted by atomic mass is 10.1. The molecule has 0 aromatic carbocycles. The maximum absolute atomic E-state index is 11.9. The largest absolute Gasteiger partial charge is 0.469 e. The first-order valence-electron chi connectivity index (χ1n) is 4.81. The molecule has 5 nitrogen and oxygen atoms in total. The summed E-state index contributed by atoms with van der Waals surface area (Å²) in [5.74, 6) is 0.619. The van der Waals surface area contributed by atoms with Crippen LogP contribution in [0.1, 0.15) is 21.7 Å². The average Bonchev–Trinajstić information content (AvgIpc) is 2.60. The van der Waals surface area contributed by atoms with Crippen molar-refractivity contribution in [1.82, 2.24) is 9.97 Å². The summed E-state index contributed by atoms with van der Waals surface area (Å²) < 4.78 is 5.15. The Hall–Kier alpha value is -2.17. The third-order valence-corrected chi connectivity index (χ3v) is 2.18. The zero-order valence-electron chi connectivity index (χ0n) is 9.02. The van der Waals surface area contributed by atoms with E-state index in [-0.39, 0.29) is 11.9 Å². The minimum absolute atomic E-state index is 0.255. The Bertz CT molecular complexity index is 486. The average molecular weight is 217 g/mol. The number of hydrogen-bond acceptors (Lipinski definition) is 4. The number of nitrogens with one attached hydrogen (secondary N) is 1. The topological polar surface area (TPSA) is 68.0 Å². The minimum atomic E-state index is -0.255. The van der Waals surface area contributed by atoms with Crippen LogP contribution in [-0.4, -0.2) is 15.9 Å². The van der Waals surface area contributed by atoms with E-state index in [0.29, 0.717) is 11.3 Å². The second kappa shape index (κ2) is 4.14. The summed E-state index contributed by atoms with van der Waals surface area (Å²) in [5.41, 5.74) is 1.33. The van der Waals surface area contributed by atoms with Crippen LogP contribution >= 0.6 is 0 Å². The van der Waals surface area contributed by atoms with Crippen LogP contribution < -0.4 is 5.32 Å². The fourth-order valence-electron chi connectivity index (χ4n) is 1.44. The molecule has 0 saturated carbocycles. The predicted molar refractivity (Wildman–Crippen MR) is 58.2 cm³/mol. The van der Waals surface area contributed by atoms with Gasteiger partial charge in [0, 0.05) is 18.0 Å². The van der Waals surface area contributed by atoms with E-state index in [1.54, 1.807) is 31.6 Å². The van der Waals surface area contributed by atoms with E-state index in [1.807, 2.05) is 6.92 Å². The number of furan rings is 1. The van der Waals surface area contributed by atoms with Gasteiger partial charge in [-0.15, -0.1) is 0 Å². The summed E-state index contributed by atoms with van der Waals surface area (Å²) in [6, 6.07) is 1.68. The second-order valence-electron chi connectivity index (χ2n) is 3.38. The SMILES string of the molecule is Cc1coc(C)c1C(=O)Nc1ncccn1. The summed E-state index contributed by atoms with van der Waals surface area (Å²) in [6.07, 6.45) is 4.69. The van der Waals surface area contributed by atoms with Crippen molar-refractivity contribution in [3.05, 3.63) is 41.6 Å². The van der Waals surface area contributed by atoms with Gasteiger partial charge >= 0.3 is 0 Å². The summed E-state index contributed by atoms with van der Waals surface area (Å²) in [6.45, 7) is 3.56. The van der Waals surface area contributed by atoms with E-state index in [0.717, 1.165) is 5.56 Å². The molecule has 2 aromatic heterocycles. The van der Waals surface area contributed by atoms with Gasteiger partial charge in [0.05, 0.1) is 11.8 Å². The minimum Gasteiger partial charge on any atom is -0.469 e. The standard InChI is InChI=1S/C11H11N3O2/c1-7-6-16-8(2)9(7)10(15)14-11-12-4-3-5-13-11/h3-6H,1-2H3,(H,12,13,14,15). The first-order valence-corrected chi connectivity index (χ1v) is 4.81. The highest BCUT2D eigenvalue weighted by Gasteiger charge is 2.16.